The molecule has 0 atom stereocenters. The van der Waals surface area contributed by atoms with Crippen molar-refractivity contribution in [2.24, 2.45) is 5.41 Å². The number of carbonyl (C=O) groups is 1. The molecule has 0 spiro atoms. The van der Waals surface area contributed by atoms with E-state index in [1.807, 2.05) is 31.2 Å². The summed E-state index contributed by atoms with van der Waals surface area (Å²) in [6.07, 6.45) is 6.25. The van der Waals surface area contributed by atoms with Gasteiger partial charge in [0.15, 0.2) is 0 Å². The van der Waals surface area contributed by atoms with Crippen molar-refractivity contribution < 1.29 is 14.6 Å². The average Bonchev–Trinajstić information content (AvgIpc) is 3.25. The van der Waals surface area contributed by atoms with Gasteiger partial charge in [0.1, 0.15) is 5.75 Å². The van der Waals surface area contributed by atoms with E-state index in [0.717, 1.165) is 30.6 Å². The minimum atomic E-state index is -0.106. The molecule has 21 heavy (non-hydrogen) atoms. The van der Waals surface area contributed by atoms with E-state index in [1.165, 1.54) is 6.08 Å². The van der Waals surface area contributed by atoms with Crippen LogP contribution in [0.25, 0.3) is 6.08 Å². The first kappa shape index (κ1) is 15.6. The van der Waals surface area contributed by atoms with E-state index in [1.54, 1.807) is 6.08 Å². The molecule has 4 heteroatoms. The van der Waals surface area contributed by atoms with Crippen molar-refractivity contribution >= 4 is 12.0 Å². The normalized spacial score (nSPS) is 15.9. The first-order valence-electron chi connectivity index (χ1n) is 7.48. The molecule has 1 aliphatic carbocycles. The predicted molar refractivity (Wildman–Crippen MR) is 83.0 cm³/mol. The molecule has 114 valence electrons. The average molecular weight is 289 g/mol. The third-order valence-electron chi connectivity index (χ3n) is 3.87. The van der Waals surface area contributed by atoms with E-state index in [0.29, 0.717) is 13.2 Å². The lowest BCUT2D eigenvalue weighted by Crippen LogP contribution is -2.29. The Morgan fingerprint density at radius 3 is 2.86 bits per heavy atom. The van der Waals surface area contributed by atoms with Gasteiger partial charge in [-0.3, -0.25) is 4.79 Å². The van der Waals surface area contributed by atoms with Crippen LogP contribution >= 0.6 is 0 Å². The zero-order valence-corrected chi connectivity index (χ0v) is 12.5. The predicted octanol–water partition coefficient (Wildman–Crippen LogP) is 2.38. The highest BCUT2D eigenvalue weighted by Gasteiger charge is 2.41. The van der Waals surface area contributed by atoms with E-state index in [9.17, 15) is 4.79 Å². The van der Waals surface area contributed by atoms with Gasteiger partial charge in [-0.2, -0.15) is 0 Å². The molecule has 0 unspecified atom stereocenters. The Morgan fingerprint density at radius 2 is 2.19 bits per heavy atom. The monoisotopic (exact) mass is 289 g/mol. The maximum atomic E-state index is 11.9. The molecule has 0 bridgehead atoms. The van der Waals surface area contributed by atoms with Crippen LogP contribution in [0.5, 0.6) is 5.75 Å². The molecular weight excluding hydrogens is 266 g/mol. The Morgan fingerprint density at radius 1 is 1.43 bits per heavy atom. The molecule has 4 nitrogen and oxygen atoms in total. The van der Waals surface area contributed by atoms with Crippen molar-refractivity contribution in [1.29, 1.82) is 0 Å². The Labute approximate surface area is 125 Å². The molecule has 0 aliphatic heterocycles. The number of para-hydroxylation sites is 1. The maximum absolute atomic E-state index is 11.9. The van der Waals surface area contributed by atoms with Crippen LogP contribution < -0.4 is 10.1 Å². The van der Waals surface area contributed by atoms with Gasteiger partial charge in [0, 0.05) is 24.8 Å². The highest BCUT2D eigenvalue weighted by molar-refractivity contribution is 5.92. The summed E-state index contributed by atoms with van der Waals surface area (Å²) in [4.78, 5) is 11.9. The summed E-state index contributed by atoms with van der Waals surface area (Å²) < 4.78 is 5.51. The topological polar surface area (TPSA) is 58.6 Å². The molecule has 1 saturated carbocycles. The van der Waals surface area contributed by atoms with E-state index in [2.05, 4.69) is 5.32 Å². The number of hydrogen-bond donors (Lipinski definition) is 2. The van der Waals surface area contributed by atoms with Crippen molar-refractivity contribution in [1.82, 2.24) is 5.32 Å². The van der Waals surface area contributed by atoms with E-state index < -0.39 is 0 Å². The first-order chi connectivity index (χ1) is 10.2. The molecule has 1 amide bonds. The quantitative estimate of drug-likeness (QED) is 0.722. The summed E-state index contributed by atoms with van der Waals surface area (Å²) in [7, 11) is 0. The van der Waals surface area contributed by atoms with Crippen molar-refractivity contribution in [3.63, 3.8) is 0 Å². The minimum absolute atomic E-state index is 0.106. The standard InChI is InChI=1S/C17H23NO3/c1-2-21-15-6-4-3-5-14(15)7-8-16(20)18-13-17(9-10-17)11-12-19/h3-8,19H,2,9-13H2,1H3,(H,18,20)/b8-7+. The number of aliphatic hydroxyl groups excluding tert-OH is 1. The molecule has 0 radical (unpaired) electrons. The molecule has 2 rings (SSSR count). The van der Waals surface area contributed by atoms with Crippen molar-refractivity contribution in [2.45, 2.75) is 26.2 Å². The lowest BCUT2D eigenvalue weighted by atomic mass is 10.0. The van der Waals surface area contributed by atoms with Crippen LogP contribution in [0.15, 0.2) is 30.3 Å². The smallest absolute Gasteiger partial charge is 0.244 e. The van der Waals surface area contributed by atoms with Crippen LogP contribution in [0.3, 0.4) is 0 Å². The van der Waals surface area contributed by atoms with Crippen LogP contribution in [0.4, 0.5) is 0 Å². The Hall–Kier alpha value is -1.81. The molecule has 1 aliphatic rings. The molecule has 0 heterocycles. The Bertz CT molecular complexity index is 507. The van der Waals surface area contributed by atoms with E-state index in [4.69, 9.17) is 9.84 Å². The number of benzene rings is 1. The number of carbonyl (C=O) groups excluding carboxylic acids is 1. The van der Waals surface area contributed by atoms with Crippen LogP contribution in [0.1, 0.15) is 31.7 Å². The van der Waals surface area contributed by atoms with Crippen LogP contribution in [0.2, 0.25) is 0 Å². The van der Waals surface area contributed by atoms with Gasteiger partial charge in [0.05, 0.1) is 6.61 Å². The summed E-state index contributed by atoms with van der Waals surface area (Å²) in [5.41, 5.74) is 1.03. The fraction of sp³-hybridized carbons (Fsp3) is 0.471. The molecule has 1 aromatic carbocycles. The molecular formula is C17H23NO3. The van der Waals surface area contributed by atoms with Crippen molar-refractivity contribution in [3.8, 4) is 5.75 Å². The summed E-state index contributed by atoms with van der Waals surface area (Å²) >= 11 is 0. The number of hydrogen-bond acceptors (Lipinski definition) is 3. The van der Waals surface area contributed by atoms with Crippen LogP contribution in [0, 0.1) is 5.41 Å². The number of ether oxygens (including phenoxy) is 1. The molecule has 1 aromatic rings. The fourth-order valence-corrected chi connectivity index (χ4v) is 2.33. The largest absolute Gasteiger partial charge is 0.493 e. The van der Waals surface area contributed by atoms with E-state index in [-0.39, 0.29) is 17.9 Å². The molecule has 2 N–H and O–H groups in total. The zero-order valence-electron chi connectivity index (χ0n) is 12.5. The minimum Gasteiger partial charge on any atom is -0.493 e. The van der Waals surface area contributed by atoms with Gasteiger partial charge in [0.25, 0.3) is 0 Å². The second kappa shape index (κ2) is 7.27. The number of nitrogens with one attached hydrogen (secondary N) is 1. The zero-order chi connectivity index (χ0) is 15.1. The summed E-state index contributed by atoms with van der Waals surface area (Å²) in [5, 5.41) is 11.9. The van der Waals surface area contributed by atoms with Gasteiger partial charge >= 0.3 is 0 Å². The maximum Gasteiger partial charge on any atom is 0.244 e. The third kappa shape index (κ3) is 4.60. The van der Waals surface area contributed by atoms with Gasteiger partial charge in [-0.15, -0.1) is 0 Å². The second-order valence-corrected chi connectivity index (χ2v) is 5.50. The second-order valence-electron chi connectivity index (χ2n) is 5.50. The Kier molecular flexibility index (Phi) is 5.39. The molecule has 0 saturated heterocycles. The molecule has 0 aromatic heterocycles. The van der Waals surface area contributed by atoms with Crippen molar-refractivity contribution in [2.75, 3.05) is 19.8 Å². The Balaban J connectivity index is 1.87. The summed E-state index contributed by atoms with van der Waals surface area (Å²) in [6, 6.07) is 7.64. The fourth-order valence-electron chi connectivity index (χ4n) is 2.33. The SMILES string of the molecule is CCOc1ccccc1/C=C/C(=O)NCC1(CCO)CC1. The number of aliphatic hydroxyl groups is 1. The van der Waals surface area contributed by atoms with Gasteiger partial charge in [0.2, 0.25) is 5.91 Å². The van der Waals surface area contributed by atoms with Crippen molar-refractivity contribution in [3.05, 3.63) is 35.9 Å². The van der Waals surface area contributed by atoms with Gasteiger partial charge < -0.3 is 15.2 Å². The first-order valence-corrected chi connectivity index (χ1v) is 7.48. The van der Waals surface area contributed by atoms with Crippen LogP contribution in [-0.2, 0) is 4.79 Å². The van der Waals surface area contributed by atoms with E-state index >= 15 is 0 Å². The van der Waals surface area contributed by atoms with Gasteiger partial charge in [-0.25, -0.2) is 0 Å². The summed E-state index contributed by atoms with van der Waals surface area (Å²) in [5.74, 6) is 0.675. The number of rotatable bonds is 8. The highest BCUT2D eigenvalue weighted by Crippen LogP contribution is 2.47. The molecule has 1 fully saturated rings. The van der Waals surface area contributed by atoms with Gasteiger partial charge in [-0.1, -0.05) is 18.2 Å². The van der Waals surface area contributed by atoms with Gasteiger partial charge in [-0.05, 0) is 43.7 Å². The van der Waals surface area contributed by atoms with Crippen LogP contribution in [-0.4, -0.2) is 30.8 Å². The lowest BCUT2D eigenvalue weighted by Gasteiger charge is -2.13. The number of amides is 1. The highest BCUT2D eigenvalue weighted by atomic mass is 16.5. The lowest BCUT2D eigenvalue weighted by molar-refractivity contribution is -0.116. The third-order valence-corrected chi connectivity index (χ3v) is 3.87. The summed E-state index contributed by atoms with van der Waals surface area (Å²) in [6.45, 7) is 3.36.